The number of phenolic OH excluding ortho intramolecular Hbond substituents is 2. The zero-order chi connectivity index (χ0) is 25.9. The van der Waals surface area contributed by atoms with Crippen LogP contribution >= 0.6 is 0 Å². The number of carbonyl (C=O) groups excluding carboxylic acids is 1. The van der Waals surface area contributed by atoms with Gasteiger partial charge in [0.15, 0.2) is 11.5 Å². The molecule has 3 aromatic rings. The van der Waals surface area contributed by atoms with Crippen LogP contribution in [0.3, 0.4) is 0 Å². The van der Waals surface area contributed by atoms with Crippen LogP contribution in [0.1, 0.15) is 29.2 Å². The van der Waals surface area contributed by atoms with E-state index in [1.807, 2.05) is 0 Å². The Hall–Kier alpha value is -3.87. The van der Waals surface area contributed by atoms with E-state index in [-0.39, 0.29) is 23.4 Å². The average Bonchev–Trinajstić information content (AvgIpc) is 2.93. The fourth-order valence-corrected chi connectivity index (χ4v) is 4.66. The number of hydrogen-bond donors (Lipinski definition) is 3. The second kappa shape index (κ2) is 13.4. The molecular formula is C31H35N3O3. The monoisotopic (exact) mass is 497 g/mol. The van der Waals surface area contributed by atoms with E-state index in [4.69, 9.17) is 0 Å². The maximum absolute atomic E-state index is 12.1. The molecule has 192 valence electrons. The van der Waals surface area contributed by atoms with E-state index in [0.29, 0.717) is 6.54 Å². The Morgan fingerprint density at radius 3 is 2.11 bits per heavy atom. The number of piperazine rings is 1. The van der Waals surface area contributed by atoms with Crippen LogP contribution in [0.25, 0.3) is 6.08 Å². The fraction of sp³-hybridized carbons (Fsp3) is 0.258. The van der Waals surface area contributed by atoms with Crippen molar-refractivity contribution in [2.45, 2.75) is 12.5 Å². The van der Waals surface area contributed by atoms with Gasteiger partial charge in [0, 0.05) is 38.8 Å². The van der Waals surface area contributed by atoms with Gasteiger partial charge < -0.3 is 20.4 Å². The summed E-state index contributed by atoms with van der Waals surface area (Å²) in [5, 5.41) is 21.8. The Morgan fingerprint density at radius 1 is 0.838 bits per heavy atom. The van der Waals surface area contributed by atoms with Crippen molar-refractivity contribution in [3.8, 4) is 11.5 Å². The number of nitrogens with one attached hydrogen (secondary N) is 1. The summed E-state index contributed by atoms with van der Waals surface area (Å²) in [4.78, 5) is 17.1. The number of benzene rings is 3. The molecule has 0 atom stereocenters. The molecule has 1 aliphatic rings. The van der Waals surface area contributed by atoms with Gasteiger partial charge in [0.25, 0.3) is 0 Å². The van der Waals surface area contributed by atoms with Crippen LogP contribution in [-0.4, -0.2) is 65.2 Å². The van der Waals surface area contributed by atoms with Crippen molar-refractivity contribution in [3.63, 3.8) is 0 Å². The highest BCUT2D eigenvalue weighted by molar-refractivity contribution is 5.87. The molecule has 3 N–H and O–H groups in total. The summed E-state index contributed by atoms with van der Waals surface area (Å²) in [6, 6.07) is 26.3. The topological polar surface area (TPSA) is 76.0 Å². The largest absolute Gasteiger partial charge is 0.504 e. The second-order valence-corrected chi connectivity index (χ2v) is 9.21. The molecule has 6 heteroatoms. The van der Waals surface area contributed by atoms with Crippen molar-refractivity contribution in [2.75, 3.05) is 39.3 Å². The molecule has 1 heterocycles. The van der Waals surface area contributed by atoms with Gasteiger partial charge in [-0.15, -0.1) is 0 Å². The Kier molecular flexibility index (Phi) is 9.52. The minimum absolute atomic E-state index is 0.128. The van der Waals surface area contributed by atoms with Crippen LogP contribution in [0.4, 0.5) is 0 Å². The number of phenols is 2. The summed E-state index contributed by atoms with van der Waals surface area (Å²) in [7, 11) is 0. The Balaban J connectivity index is 1.18. The first-order valence-corrected chi connectivity index (χ1v) is 12.8. The van der Waals surface area contributed by atoms with Gasteiger partial charge in [-0.3, -0.25) is 9.69 Å². The predicted molar refractivity (Wildman–Crippen MR) is 148 cm³/mol. The lowest BCUT2D eigenvalue weighted by molar-refractivity contribution is -0.116. The third-order valence-corrected chi connectivity index (χ3v) is 6.60. The molecule has 1 fully saturated rings. The molecule has 6 nitrogen and oxygen atoms in total. The molecule has 0 radical (unpaired) electrons. The van der Waals surface area contributed by atoms with Gasteiger partial charge in [0.2, 0.25) is 5.91 Å². The van der Waals surface area contributed by atoms with Crippen LogP contribution in [-0.2, 0) is 4.79 Å². The molecule has 37 heavy (non-hydrogen) atoms. The highest BCUT2D eigenvalue weighted by atomic mass is 16.3. The molecule has 0 spiro atoms. The average molecular weight is 498 g/mol. The summed E-state index contributed by atoms with van der Waals surface area (Å²) in [5.41, 5.74) is 3.39. The molecule has 1 amide bonds. The van der Waals surface area contributed by atoms with Crippen molar-refractivity contribution in [2.24, 2.45) is 0 Å². The summed E-state index contributed by atoms with van der Waals surface area (Å²) >= 11 is 0. The van der Waals surface area contributed by atoms with Crippen molar-refractivity contribution >= 4 is 12.0 Å². The number of allylic oxidation sites excluding steroid dienone is 2. The normalized spacial score (nSPS) is 15.1. The molecule has 1 saturated heterocycles. The Labute approximate surface area is 219 Å². The number of amides is 1. The van der Waals surface area contributed by atoms with Gasteiger partial charge >= 0.3 is 0 Å². The summed E-state index contributed by atoms with van der Waals surface area (Å²) in [6.07, 6.45) is 7.53. The lowest BCUT2D eigenvalue weighted by atomic mass is 9.96. The van der Waals surface area contributed by atoms with Crippen molar-refractivity contribution in [1.82, 2.24) is 15.1 Å². The van der Waals surface area contributed by atoms with Gasteiger partial charge in [-0.25, -0.2) is 0 Å². The van der Waals surface area contributed by atoms with E-state index in [9.17, 15) is 15.0 Å². The van der Waals surface area contributed by atoms with Crippen LogP contribution in [0.2, 0.25) is 0 Å². The van der Waals surface area contributed by atoms with E-state index in [1.54, 1.807) is 24.3 Å². The Morgan fingerprint density at radius 2 is 1.49 bits per heavy atom. The van der Waals surface area contributed by atoms with Gasteiger partial charge in [-0.2, -0.15) is 0 Å². The van der Waals surface area contributed by atoms with Crippen LogP contribution in [0.5, 0.6) is 11.5 Å². The zero-order valence-corrected chi connectivity index (χ0v) is 21.0. The van der Waals surface area contributed by atoms with Crippen molar-refractivity contribution in [1.29, 1.82) is 0 Å². The molecule has 1 aliphatic heterocycles. The number of aromatic hydroxyl groups is 2. The van der Waals surface area contributed by atoms with Gasteiger partial charge in [0.1, 0.15) is 0 Å². The van der Waals surface area contributed by atoms with Crippen LogP contribution in [0, 0.1) is 0 Å². The maximum atomic E-state index is 12.1. The maximum Gasteiger partial charge on any atom is 0.243 e. The fourth-order valence-electron chi connectivity index (χ4n) is 4.66. The molecule has 4 rings (SSSR count). The lowest BCUT2D eigenvalue weighted by Gasteiger charge is -2.39. The molecule has 0 aromatic heterocycles. The van der Waals surface area contributed by atoms with Gasteiger partial charge in [-0.1, -0.05) is 85.0 Å². The van der Waals surface area contributed by atoms with Crippen molar-refractivity contribution in [3.05, 3.63) is 114 Å². The number of carbonyl (C=O) groups is 1. The first-order valence-electron chi connectivity index (χ1n) is 12.8. The number of nitrogens with zero attached hydrogens (tertiary/aromatic N) is 2. The van der Waals surface area contributed by atoms with E-state index < -0.39 is 0 Å². The molecule has 3 aromatic carbocycles. The quantitative estimate of drug-likeness (QED) is 0.165. The minimum atomic E-state index is -0.169. The standard InChI is InChI=1S/C31H35N3O3/c35-28-17-16-25(24-29(28)36)10-7-8-15-30(37)32-18-9-19-33-20-22-34(23-21-33)31(26-11-3-1-4-12-26)27-13-5-2-6-14-27/h1-8,10-17,24,31,35-36H,9,18-23H2,(H,32,37). The summed E-state index contributed by atoms with van der Waals surface area (Å²) in [5.74, 6) is -0.452. The summed E-state index contributed by atoms with van der Waals surface area (Å²) < 4.78 is 0. The number of hydrogen-bond acceptors (Lipinski definition) is 5. The predicted octanol–water partition coefficient (Wildman–Crippen LogP) is 4.58. The molecule has 0 unspecified atom stereocenters. The first-order chi connectivity index (χ1) is 18.1. The highest BCUT2D eigenvalue weighted by Gasteiger charge is 2.26. The van der Waals surface area contributed by atoms with Gasteiger partial charge in [-0.05, 0) is 41.8 Å². The van der Waals surface area contributed by atoms with Crippen LogP contribution in [0.15, 0.2) is 97.1 Å². The van der Waals surface area contributed by atoms with Gasteiger partial charge in [0.05, 0.1) is 6.04 Å². The lowest BCUT2D eigenvalue weighted by Crippen LogP contribution is -2.48. The zero-order valence-electron chi connectivity index (χ0n) is 21.0. The van der Waals surface area contributed by atoms with E-state index in [0.717, 1.165) is 44.7 Å². The molecule has 0 bridgehead atoms. The molecular weight excluding hydrogens is 462 g/mol. The summed E-state index contributed by atoms with van der Waals surface area (Å²) in [6.45, 7) is 5.64. The third-order valence-electron chi connectivity index (χ3n) is 6.60. The second-order valence-electron chi connectivity index (χ2n) is 9.21. The third kappa shape index (κ3) is 7.81. The number of rotatable bonds is 10. The molecule has 0 saturated carbocycles. The first kappa shape index (κ1) is 26.2. The highest BCUT2D eigenvalue weighted by Crippen LogP contribution is 2.29. The van der Waals surface area contributed by atoms with E-state index >= 15 is 0 Å². The van der Waals surface area contributed by atoms with Crippen LogP contribution < -0.4 is 5.32 Å². The van der Waals surface area contributed by atoms with E-state index in [1.165, 1.54) is 29.3 Å². The smallest absolute Gasteiger partial charge is 0.243 e. The minimum Gasteiger partial charge on any atom is -0.504 e. The SMILES string of the molecule is O=C(C=CC=Cc1ccc(O)c(O)c1)NCCCN1CCN(C(c2ccccc2)c2ccccc2)CC1. The van der Waals surface area contributed by atoms with Crippen molar-refractivity contribution < 1.29 is 15.0 Å². The molecule has 0 aliphatic carbocycles. The van der Waals surface area contributed by atoms with E-state index in [2.05, 4.69) is 75.8 Å². The Bertz CT molecular complexity index is 1150.